The molecule has 6 nitrogen and oxygen atoms in total. The second-order valence-corrected chi connectivity index (χ2v) is 8.50. The third kappa shape index (κ3) is 7.08. The average Bonchev–Trinajstić information content (AvgIpc) is 3.49. The molecule has 0 spiro atoms. The number of guanidine groups is 1. The summed E-state index contributed by atoms with van der Waals surface area (Å²) >= 11 is 0. The molecule has 0 bridgehead atoms. The molecule has 4 rings (SSSR count). The van der Waals surface area contributed by atoms with Gasteiger partial charge in [0.2, 0.25) is 0 Å². The van der Waals surface area contributed by atoms with Crippen molar-refractivity contribution in [1.29, 1.82) is 0 Å². The maximum atomic E-state index is 13.1. The number of benzene rings is 1. The molecule has 0 amide bonds. The zero-order chi connectivity index (χ0) is 21.3. The lowest BCUT2D eigenvalue weighted by molar-refractivity contribution is 0.187. The Balaban J connectivity index is 1.25. The summed E-state index contributed by atoms with van der Waals surface area (Å²) < 4.78 is 24.0. The fraction of sp³-hybridized carbons (Fsp3) is 0.542. The van der Waals surface area contributed by atoms with E-state index >= 15 is 0 Å². The van der Waals surface area contributed by atoms with Crippen molar-refractivity contribution in [3.63, 3.8) is 0 Å². The molecular weight excluding hydrogens is 395 g/mol. The van der Waals surface area contributed by atoms with Crippen molar-refractivity contribution in [2.45, 2.75) is 38.3 Å². The van der Waals surface area contributed by atoms with Crippen molar-refractivity contribution >= 4 is 5.96 Å². The average molecular weight is 429 g/mol. The number of halogens is 1. The molecule has 1 aromatic heterocycles. The number of nitrogens with one attached hydrogen (secondary N) is 2. The Kier molecular flexibility index (Phi) is 7.96. The van der Waals surface area contributed by atoms with Gasteiger partial charge in [0.15, 0.2) is 5.96 Å². The van der Waals surface area contributed by atoms with E-state index < -0.39 is 0 Å². The molecule has 2 aromatic rings. The van der Waals surface area contributed by atoms with Crippen LogP contribution in [0.5, 0.6) is 0 Å². The number of ether oxygens (including phenoxy) is 1. The van der Waals surface area contributed by atoms with Crippen LogP contribution in [0.3, 0.4) is 0 Å². The van der Waals surface area contributed by atoms with E-state index in [-0.39, 0.29) is 5.82 Å². The second-order valence-electron chi connectivity index (χ2n) is 8.50. The molecule has 168 valence electrons. The van der Waals surface area contributed by atoms with Gasteiger partial charge in [-0.3, -0.25) is 9.89 Å². The predicted octanol–water partition coefficient (Wildman–Crippen LogP) is 3.20. The van der Waals surface area contributed by atoms with Crippen molar-refractivity contribution in [1.82, 2.24) is 15.5 Å². The fourth-order valence-electron chi connectivity index (χ4n) is 4.14. The SMILES string of the molecule is Fc1ccc(CN2CCC(NC(=NCC3CCOC3)NCCc3ccco3)CC2)cc1. The molecule has 2 saturated heterocycles. The highest BCUT2D eigenvalue weighted by Crippen LogP contribution is 2.15. The van der Waals surface area contributed by atoms with E-state index in [1.165, 1.54) is 12.1 Å². The molecule has 1 aromatic carbocycles. The van der Waals surface area contributed by atoms with Gasteiger partial charge in [-0.1, -0.05) is 12.1 Å². The predicted molar refractivity (Wildman–Crippen MR) is 119 cm³/mol. The molecule has 1 unspecified atom stereocenters. The summed E-state index contributed by atoms with van der Waals surface area (Å²) in [6.07, 6.45) is 5.75. The Morgan fingerprint density at radius 2 is 1.97 bits per heavy atom. The van der Waals surface area contributed by atoms with Crippen LogP contribution in [0, 0.1) is 11.7 Å². The van der Waals surface area contributed by atoms with E-state index in [2.05, 4.69) is 15.5 Å². The van der Waals surface area contributed by atoms with Gasteiger partial charge in [-0.25, -0.2) is 4.39 Å². The molecule has 2 aliphatic rings. The van der Waals surface area contributed by atoms with Crippen LogP contribution in [-0.2, 0) is 17.7 Å². The first-order valence-electron chi connectivity index (χ1n) is 11.4. The van der Waals surface area contributed by atoms with E-state index in [1.807, 2.05) is 24.3 Å². The number of furan rings is 1. The third-order valence-electron chi connectivity index (χ3n) is 6.02. The maximum absolute atomic E-state index is 13.1. The number of hydrogen-bond donors (Lipinski definition) is 2. The van der Waals surface area contributed by atoms with Crippen LogP contribution in [0.2, 0.25) is 0 Å². The summed E-state index contributed by atoms with van der Waals surface area (Å²) in [7, 11) is 0. The largest absolute Gasteiger partial charge is 0.469 e. The molecule has 3 heterocycles. The number of likely N-dealkylation sites (tertiary alicyclic amines) is 1. The first-order valence-corrected chi connectivity index (χ1v) is 11.4. The normalized spacial score (nSPS) is 20.8. The van der Waals surface area contributed by atoms with Crippen LogP contribution < -0.4 is 10.6 Å². The molecule has 1 atom stereocenters. The number of nitrogens with zero attached hydrogens (tertiary/aromatic N) is 2. The van der Waals surface area contributed by atoms with Gasteiger partial charge in [0.05, 0.1) is 12.9 Å². The minimum absolute atomic E-state index is 0.179. The van der Waals surface area contributed by atoms with Crippen LogP contribution >= 0.6 is 0 Å². The zero-order valence-electron chi connectivity index (χ0n) is 18.1. The molecule has 7 heteroatoms. The summed E-state index contributed by atoms with van der Waals surface area (Å²) in [6.45, 7) is 6.14. The van der Waals surface area contributed by atoms with E-state index in [0.717, 1.165) is 88.9 Å². The topological polar surface area (TPSA) is 62.0 Å². The van der Waals surface area contributed by atoms with Crippen LogP contribution in [0.1, 0.15) is 30.6 Å². The van der Waals surface area contributed by atoms with Crippen molar-refractivity contribution in [2.75, 3.05) is 39.4 Å². The quantitative estimate of drug-likeness (QED) is 0.500. The summed E-state index contributed by atoms with van der Waals surface area (Å²) in [6, 6.07) is 11.1. The summed E-state index contributed by atoms with van der Waals surface area (Å²) in [5.74, 6) is 2.20. The summed E-state index contributed by atoms with van der Waals surface area (Å²) in [5, 5.41) is 7.12. The Labute approximate surface area is 183 Å². The molecule has 2 N–H and O–H groups in total. The van der Waals surface area contributed by atoms with E-state index in [4.69, 9.17) is 14.1 Å². The lowest BCUT2D eigenvalue weighted by Gasteiger charge is -2.33. The highest BCUT2D eigenvalue weighted by Gasteiger charge is 2.21. The monoisotopic (exact) mass is 428 g/mol. The van der Waals surface area contributed by atoms with E-state index in [0.29, 0.717) is 12.0 Å². The molecule has 0 aliphatic carbocycles. The summed E-state index contributed by atoms with van der Waals surface area (Å²) in [5.41, 5.74) is 1.16. The minimum Gasteiger partial charge on any atom is -0.469 e. The minimum atomic E-state index is -0.179. The molecule has 2 fully saturated rings. The fourth-order valence-corrected chi connectivity index (χ4v) is 4.14. The van der Waals surface area contributed by atoms with Crippen LogP contribution in [-0.4, -0.2) is 56.3 Å². The van der Waals surface area contributed by atoms with Crippen LogP contribution in [0.15, 0.2) is 52.1 Å². The Bertz CT molecular complexity index is 795. The number of piperidine rings is 1. The van der Waals surface area contributed by atoms with Gasteiger partial charge in [0.1, 0.15) is 11.6 Å². The smallest absolute Gasteiger partial charge is 0.191 e. The standard InChI is InChI=1S/C24H33FN4O2/c25-21-5-3-19(4-6-21)17-29-12-8-22(9-13-29)28-24(27-16-20-10-15-30-18-20)26-11-7-23-2-1-14-31-23/h1-6,14,20,22H,7-13,15-18H2,(H2,26,27,28). The Morgan fingerprint density at radius 3 is 2.68 bits per heavy atom. The van der Waals surface area contributed by atoms with Crippen LogP contribution in [0.25, 0.3) is 0 Å². The number of rotatable bonds is 8. The van der Waals surface area contributed by atoms with Gasteiger partial charge in [0.25, 0.3) is 0 Å². The van der Waals surface area contributed by atoms with Crippen molar-refractivity contribution < 1.29 is 13.5 Å². The first-order chi connectivity index (χ1) is 15.2. The third-order valence-corrected chi connectivity index (χ3v) is 6.02. The molecule has 31 heavy (non-hydrogen) atoms. The van der Waals surface area contributed by atoms with Gasteiger partial charge >= 0.3 is 0 Å². The Morgan fingerprint density at radius 1 is 1.13 bits per heavy atom. The molecule has 0 saturated carbocycles. The van der Waals surface area contributed by atoms with E-state index in [9.17, 15) is 4.39 Å². The van der Waals surface area contributed by atoms with Gasteiger partial charge in [-0.05, 0) is 49.1 Å². The molecule has 2 aliphatic heterocycles. The molecular formula is C24H33FN4O2. The second kappa shape index (κ2) is 11.3. The van der Waals surface area contributed by atoms with Crippen molar-refractivity contribution in [3.05, 3.63) is 59.8 Å². The van der Waals surface area contributed by atoms with E-state index in [1.54, 1.807) is 6.26 Å². The van der Waals surface area contributed by atoms with Gasteiger partial charge < -0.3 is 19.8 Å². The Hall–Kier alpha value is -2.38. The van der Waals surface area contributed by atoms with Gasteiger partial charge in [0, 0.05) is 57.7 Å². The van der Waals surface area contributed by atoms with Crippen molar-refractivity contribution in [3.8, 4) is 0 Å². The lowest BCUT2D eigenvalue weighted by atomic mass is 10.0. The highest BCUT2D eigenvalue weighted by atomic mass is 19.1. The lowest BCUT2D eigenvalue weighted by Crippen LogP contribution is -2.49. The van der Waals surface area contributed by atoms with Gasteiger partial charge in [-0.15, -0.1) is 0 Å². The highest BCUT2D eigenvalue weighted by molar-refractivity contribution is 5.80. The first kappa shape index (κ1) is 21.8. The van der Waals surface area contributed by atoms with Gasteiger partial charge in [-0.2, -0.15) is 0 Å². The maximum Gasteiger partial charge on any atom is 0.191 e. The number of aliphatic imine (C=N–C) groups is 1. The summed E-state index contributed by atoms with van der Waals surface area (Å²) in [4.78, 5) is 7.28. The van der Waals surface area contributed by atoms with Crippen molar-refractivity contribution in [2.24, 2.45) is 10.9 Å². The molecule has 0 radical (unpaired) electrons. The van der Waals surface area contributed by atoms with Crippen LogP contribution in [0.4, 0.5) is 4.39 Å². The number of hydrogen-bond acceptors (Lipinski definition) is 4. The zero-order valence-corrected chi connectivity index (χ0v) is 18.1.